The molecule has 1 aliphatic heterocycles. The lowest BCUT2D eigenvalue weighted by Crippen LogP contribution is -2.45. The summed E-state index contributed by atoms with van der Waals surface area (Å²) in [5.41, 5.74) is 0. The fourth-order valence-electron chi connectivity index (χ4n) is 3.08. The molecular formula is C14H24N2O. The van der Waals surface area contributed by atoms with Crippen LogP contribution < -0.4 is 5.32 Å². The zero-order valence-corrected chi connectivity index (χ0v) is 10.7. The molecule has 3 heteroatoms. The van der Waals surface area contributed by atoms with Crippen molar-refractivity contribution in [3.63, 3.8) is 0 Å². The Bertz CT molecular complexity index is 265. The van der Waals surface area contributed by atoms with E-state index >= 15 is 0 Å². The van der Waals surface area contributed by atoms with Crippen LogP contribution in [0, 0.1) is 5.92 Å². The van der Waals surface area contributed by atoms with E-state index in [4.69, 9.17) is 0 Å². The average molecular weight is 236 g/mol. The van der Waals surface area contributed by atoms with Crippen LogP contribution >= 0.6 is 0 Å². The first-order valence-electron chi connectivity index (χ1n) is 6.95. The Balaban J connectivity index is 1.97. The van der Waals surface area contributed by atoms with Crippen molar-refractivity contribution in [2.75, 3.05) is 19.6 Å². The van der Waals surface area contributed by atoms with Crippen LogP contribution in [0.4, 0.5) is 0 Å². The second kappa shape index (κ2) is 6.20. The van der Waals surface area contributed by atoms with Crippen LogP contribution in [-0.2, 0) is 4.79 Å². The van der Waals surface area contributed by atoms with Crippen molar-refractivity contribution in [2.45, 2.75) is 44.6 Å². The van der Waals surface area contributed by atoms with Gasteiger partial charge in [-0.1, -0.05) is 18.9 Å². The molecule has 1 amide bonds. The van der Waals surface area contributed by atoms with E-state index in [1.807, 2.05) is 6.08 Å². The molecule has 0 atom stereocenters. The van der Waals surface area contributed by atoms with Gasteiger partial charge in [-0.2, -0.15) is 0 Å². The number of carbonyl (C=O) groups is 1. The summed E-state index contributed by atoms with van der Waals surface area (Å²) >= 11 is 0. The van der Waals surface area contributed by atoms with E-state index < -0.39 is 0 Å². The van der Waals surface area contributed by atoms with Crippen molar-refractivity contribution >= 4 is 5.91 Å². The Morgan fingerprint density at radius 1 is 1.24 bits per heavy atom. The Morgan fingerprint density at radius 3 is 2.47 bits per heavy atom. The Morgan fingerprint density at radius 2 is 1.88 bits per heavy atom. The predicted octanol–water partition coefficient (Wildman–Crippen LogP) is 1.94. The Labute approximate surface area is 104 Å². The van der Waals surface area contributed by atoms with E-state index in [2.05, 4.69) is 16.8 Å². The van der Waals surface area contributed by atoms with Gasteiger partial charge in [0, 0.05) is 18.5 Å². The first kappa shape index (κ1) is 12.6. The Hall–Kier alpha value is -0.830. The second-order valence-electron chi connectivity index (χ2n) is 5.24. The number of amides is 1. The number of rotatable bonds is 4. The van der Waals surface area contributed by atoms with Crippen molar-refractivity contribution in [1.82, 2.24) is 10.2 Å². The van der Waals surface area contributed by atoms with Crippen LogP contribution in [-0.4, -0.2) is 36.5 Å². The second-order valence-corrected chi connectivity index (χ2v) is 5.24. The normalized spacial score (nSPS) is 22.6. The minimum absolute atomic E-state index is 0.247. The molecule has 2 aliphatic rings. The van der Waals surface area contributed by atoms with Crippen molar-refractivity contribution in [2.24, 2.45) is 5.92 Å². The molecule has 0 radical (unpaired) electrons. The molecule has 0 aromatic rings. The number of piperidine rings is 1. The smallest absolute Gasteiger partial charge is 0.226 e. The van der Waals surface area contributed by atoms with Gasteiger partial charge >= 0.3 is 0 Å². The third-order valence-electron chi connectivity index (χ3n) is 4.06. The first-order chi connectivity index (χ1) is 8.33. The van der Waals surface area contributed by atoms with E-state index in [0.717, 1.165) is 32.5 Å². The predicted molar refractivity (Wildman–Crippen MR) is 69.8 cm³/mol. The van der Waals surface area contributed by atoms with Gasteiger partial charge in [-0.05, 0) is 38.8 Å². The lowest BCUT2D eigenvalue weighted by molar-refractivity contribution is -0.138. The third kappa shape index (κ3) is 3.09. The van der Waals surface area contributed by atoms with Gasteiger partial charge in [0.2, 0.25) is 5.91 Å². The van der Waals surface area contributed by atoms with Crippen molar-refractivity contribution in [3.8, 4) is 0 Å². The van der Waals surface area contributed by atoms with Gasteiger partial charge in [-0.3, -0.25) is 4.79 Å². The quantitative estimate of drug-likeness (QED) is 0.757. The summed E-state index contributed by atoms with van der Waals surface area (Å²) in [5.74, 6) is 0.620. The van der Waals surface area contributed by atoms with Gasteiger partial charge in [0.15, 0.2) is 0 Å². The van der Waals surface area contributed by atoms with Gasteiger partial charge < -0.3 is 10.2 Å². The fourth-order valence-corrected chi connectivity index (χ4v) is 3.08. The van der Waals surface area contributed by atoms with Gasteiger partial charge in [0.1, 0.15) is 0 Å². The van der Waals surface area contributed by atoms with Crippen LogP contribution in [0.1, 0.15) is 38.5 Å². The first-order valence-corrected chi connectivity index (χ1v) is 6.95. The van der Waals surface area contributed by atoms with Gasteiger partial charge in [-0.15, -0.1) is 6.58 Å². The maximum atomic E-state index is 12.5. The Kier molecular flexibility index (Phi) is 4.60. The van der Waals surface area contributed by atoms with E-state index in [-0.39, 0.29) is 5.92 Å². The molecule has 2 fully saturated rings. The minimum atomic E-state index is 0.247. The van der Waals surface area contributed by atoms with Crippen LogP contribution in [0.5, 0.6) is 0 Å². The van der Waals surface area contributed by atoms with E-state index in [1.165, 1.54) is 25.7 Å². The molecule has 1 saturated heterocycles. The monoisotopic (exact) mass is 236 g/mol. The SMILES string of the molecule is C=CCN(C(=O)C1CCNCC1)C1CCCC1. The molecule has 1 saturated carbocycles. The summed E-state index contributed by atoms with van der Waals surface area (Å²) < 4.78 is 0. The number of hydrogen-bond acceptors (Lipinski definition) is 2. The molecule has 1 heterocycles. The fraction of sp³-hybridized carbons (Fsp3) is 0.786. The van der Waals surface area contributed by atoms with Crippen molar-refractivity contribution in [1.29, 1.82) is 0 Å². The van der Waals surface area contributed by atoms with Gasteiger partial charge in [0.05, 0.1) is 0 Å². The van der Waals surface area contributed by atoms with E-state index in [9.17, 15) is 4.79 Å². The van der Waals surface area contributed by atoms with E-state index in [1.54, 1.807) is 0 Å². The highest BCUT2D eigenvalue weighted by molar-refractivity contribution is 5.79. The number of hydrogen-bond donors (Lipinski definition) is 1. The van der Waals surface area contributed by atoms with Gasteiger partial charge in [0.25, 0.3) is 0 Å². The lowest BCUT2D eigenvalue weighted by Gasteiger charge is -2.33. The summed E-state index contributed by atoms with van der Waals surface area (Å²) in [6.07, 6.45) is 8.79. The van der Waals surface area contributed by atoms with Crippen LogP contribution in [0.2, 0.25) is 0 Å². The molecule has 17 heavy (non-hydrogen) atoms. The molecule has 0 aromatic carbocycles. The van der Waals surface area contributed by atoms with E-state index in [0.29, 0.717) is 11.9 Å². The maximum Gasteiger partial charge on any atom is 0.226 e. The highest BCUT2D eigenvalue weighted by Crippen LogP contribution is 2.26. The standard InChI is InChI=1S/C14H24N2O/c1-2-11-16(13-5-3-4-6-13)14(17)12-7-9-15-10-8-12/h2,12-13,15H,1,3-11H2. The summed E-state index contributed by atoms with van der Waals surface area (Å²) in [5, 5.41) is 3.32. The summed E-state index contributed by atoms with van der Waals surface area (Å²) in [7, 11) is 0. The van der Waals surface area contributed by atoms with Crippen molar-refractivity contribution in [3.05, 3.63) is 12.7 Å². The third-order valence-corrected chi connectivity index (χ3v) is 4.06. The summed E-state index contributed by atoms with van der Waals surface area (Å²) in [6.45, 7) is 6.50. The maximum absolute atomic E-state index is 12.5. The number of nitrogens with one attached hydrogen (secondary N) is 1. The summed E-state index contributed by atoms with van der Waals surface area (Å²) in [4.78, 5) is 14.6. The van der Waals surface area contributed by atoms with Crippen LogP contribution in [0.25, 0.3) is 0 Å². The molecule has 0 spiro atoms. The zero-order chi connectivity index (χ0) is 12.1. The largest absolute Gasteiger partial charge is 0.336 e. The highest BCUT2D eigenvalue weighted by Gasteiger charge is 2.31. The molecule has 96 valence electrons. The summed E-state index contributed by atoms with van der Waals surface area (Å²) in [6, 6.07) is 0.482. The topological polar surface area (TPSA) is 32.3 Å². The van der Waals surface area contributed by atoms with Crippen molar-refractivity contribution < 1.29 is 4.79 Å². The molecular weight excluding hydrogens is 212 g/mol. The molecule has 1 N–H and O–H groups in total. The lowest BCUT2D eigenvalue weighted by atomic mass is 9.95. The molecule has 1 aliphatic carbocycles. The van der Waals surface area contributed by atoms with Gasteiger partial charge in [-0.25, -0.2) is 0 Å². The molecule has 0 aromatic heterocycles. The highest BCUT2D eigenvalue weighted by atomic mass is 16.2. The zero-order valence-electron chi connectivity index (χ0n) is 10.7. The minimum Gasteiger partial charge on any atom is -0.336 e. The molecule has 0 bridgehead atoms. The van der Waals surface area contributed by atoms with Crippen LogP contribution in [0.15, 0.2) is 12.7 Å². The molecule has 0 unspecified atom stereocenters. The van der Waals surface area contributed by atoms with Crippen LogP contribution in [0.3, 0.4) is 0 Å². The average Bonchev–Trinajstić information content (AvgIpc) is 2.90. The molecule has 3 nitrogen and oxygen atoms in total. The number of nitrogens with zero attached hydrogens (tertiary/aromatic N) is 1. The molecule has 2 rings (SSSR count). The number of carbonyl (C=O) groups excluding carboxylic acids is 1.